The summed E-state index contributed by atoms with van der Waals surface area (Å²) in [5.74, 6) is 0.543. The molecule has 0 saturated carbocycles. The van der Waals surface area contributed by atoms with Crippen LogP contribution in [0, 0.1) is 5.92 Å². The van der Waals surface area contributed by atoms with Crippen molar-refractivity contribution in [3.05, 3.63) is 16.6 Å². The quantitative estimate of drug-likeness (QED) is 0.778. The lowest BCUT2D eigenvalue weighted by molar-refractivity contribution is 0.441. The lowest BCUT2D eigenvalue weighted by atomic mass is 9.97. The van der Waals surface area contributed by atoms with Gasteiger partial charge in [-0.25, -0.2) is 4.98 Å². The number of rotatable bonds is 4. The summed E-state index contributed by atoms with van der Waals surface area (Å²) in [6, 6.07) is 0.314. The maximum Gasteiger partial charge on any atom is 0.0928 e. The summed E-state index contributed by atoms with van der Waals surface area (Å²) >= 11 is 1.71. The minimum Gasteiger partial charge on any atom is -0.327 e. The Morgan fingerprint density at radius 3 is 2.92 bits per heavy atom. The number of thiazole rings is 1. The molecule has 1 rings (SSSR count). The molecule has 2 N–H and O–H groups in total. The minimum atomic E-state index is 0.314. The number of hydrogen-bond donors (Lipinski definition) is 1. The van der Waals surface area contributed by atoms with Gasteiger partial charge in [0.1, 0.15) is 0 Å². The van der Waals surface area contributed by atoms with Crippen molar-refractivity contribution in [1.82, 2.24) is 4.98 Å². The normalized spacial score (nSPS) is 15.9. The molecule has 0 radical (unpaired) electrons. The van der Waals surface area contributed by atoms with Crippen LogP contribution >= 0.6 is 11.3 Å². The van der Waals surface area contributed by atoms with E-state index in [2.05, 4.69) is 18.8 Å². The summed E-state index contributed by atoms with van der Waals surface area (Å²) in [6.07, 6.45) is 3.92. The molecule has 2 unspecified atom stereocenters. The van der Waals surface area contributed by atoms with Crippen molar-refractivity contribution >= 4 is 11.3 Å². The van der Waals surface area contributed by atoms with Crippen molar-refractivity contribution in [2.45, 2.75) is 32.7 Å². The van der Waals surface area contributed by atoms with Gasteiger partial charge in [0.05, 0.1) is 5.01 Å². The molecular formula is C9H16N2S. The smallest absolute Gasteiger partial charge is 0.0928 e. The molecule has 1 aromatic heterocycles. The maximum absolute atomic E-state index is 5.91. The second-order valence-corrected chi connectivity index (χ2v) is 4.16. The number of nitrogens with zero attached hydrogens (tertiary/aromatic N) is 1. The van der Waals surface area contributed by atoms with E-state index >= 15 is 0 Å². The Morgan fingerprint density at radius 1 is 1.67 bits per heavy atom. The van der Waals surface area contributed by atoms with Crippen LogP contribution in [0.1, 0.15) is 25.3 Å². The summed E-state index contributed by atoms with van der Waals surface area (Å²) in [7, 11) is 0. The molecule has 0 saturated heterocycles. The van der Waals surface area contributed by atoms with Gasteiger partial charge in [-0.05, 0) is 12.3 Å². The summed E-state index contributed by atoms with van der Waals surface area (Å²) in [5.41, 5.74) is 5.91. The fourth-order valence-corrected chi connectivity index (χ4v) is 1.94. The predicted octanol–water partition coefficient (Wildman–Crippen LogP) is 2.06. The van der Waals surface area contributed by atoms with Crippen LogP contribution in [0.4, 0.5) is 0 Å². The summed E-state index contributed by atoms with van der Waals surface area (Å²) in [4.78, 5) is 4.24. The summed E-state index contributed by atoms with van der Waals surface area (Å²) in [5, 5.41) is 3.21. The van der Waals surface area contributed by atoms with Crippen LogP contribution in [0.15, 0.2) is 11.6 Å². The first-order valence-corrected chi connectivity index (χ1v) is 5.26. The van der Waals surface area contributed by atoms with E-state index < -0.39 is 0 Å². The van der Waals surface area contributed by atoms with Gasteiger partial charge >= 0.3 is 0 Å². The minimum absolute atomic E-state index is 0.314. The molecule has 0 bridgehead atoms. The van der Waals surface area contributed by atoms with Crippen LogP contribution in [0.25, 0.3) is 0 Å². The Bertz CT molecular complexity index is 208. The Morgan fingerprint density at radius 2 is 2.42 bits per heavy atom. The number of aromatic nitrogens is 1. The molecule has 0 aliphatic carbocycles. The average Bonchev–Trinajstić information content (AvgIpc) is 2.55. The Balaban J connectivity index is 2.41. The highest BCUT2D eigenvalue weighted by Crippen LogP contribution is 2.14. The molecule has 3 heteroatoms. The molecule has 0 amide bonds. The van der Waals surface area contributed by atoms with Crippen molar-refractivity contribution in [3.63, 3.8) is 0 Å². The van der Waals surface area contributed by atoms with Gasteiger partial charge in [0, 0.05) is 24.0 Å². The van der Waals surface area contributed by atoms with Gasteiger partial charge in [-0.1, -0.05) is 13.8 Å². The first-order chi connectivity index (χ1) is 5.74. The van der Waals surface area contributed by atoms with Crippen molar-refractivity contribution < 1.29 is 0 Å². The van der Waals surface area contributed by atoms with Crippen LogP contribution in [0.2, 0.25) is 0 Å². The van der Waals surface area contributed by atoms with Crippen LogP contribution in [-0.4, -0.2) is 11.0 Å². The van der Waals surface area contributed by atoms with Gasteiger partial charge in [0.2, 0.25) is 0 Å². The van der Waals surface area contributed by atoms with Crippen molar-refractivity contribution in [2.75, 3.05) is 0 Å². The van der Waals surface area contributed by atoms with Gasteiger partial charge in [-0.2, -0.15) is 0 Å². The van der Waals surface area contributed by atoms with E-state index in [9.17, 15) is 0 Å². The summed E-state index contributed by atoms with van der Waals surface area (Å²) in [6.45, 7) is 4.32. The van der Waals surface area contributed by atoms with Gasteiger partial charge in [0.25, 0.3) is 0 Å². The molecule has 0 aliphatic rings. The first-order valence-electron chi connectivity index (χ1n) is 4.38. The first kappa shape index (κ1) is 9.68. The molecule has 0 aromatic carbocycles. The second kappa shape index (κ2) is 4.58. The predicted molar refractivity (Wildman–Crippen MR) is 53.2 cm³/mol. The highest BCUT2D eigenvalue weighted by Gasteiger charge is 2.11. The van der Waals surface area contributed by atoms with Crippen molar-refractivity contribution in [3.8, 4) is 0 Å². The molecule has 2 nitrogen and oxygen atoms in total. The van der Waals surface area contributed by atoms with E-state index in [4.69, 9.17) is 5.73 Å². The third kappa shape index (κ3) is 2.57. The van der Waals surface area contributed by atoms with Crippen molar-refractivity contribution in [1.29, 1.82) is 0 Å². The molecule has 12 heavy (non-hydrogen) atoms. The summed E-state index contributed by atoms with van der Waals surface area (Å²) < 4.78 is 0. The molecule has 2 atom stereocenters. The van der Waals surface area contributed by atoms with Gasteiger partial charge < -0.3 is 5.73 Å². The molecule has 1 aromatic rings. The lowest BCUT2D eigenvalue weighted by Crippen LogP contribution is -2.28. The topological polar surface area (TPSA) is 38.9 Å². The van der Waals surface area contributed by atoms with Crippen LogP contribution in [0.5, 0.6) is 0 Å². The van der Waals surface area contributed by atoms with Gasteiger partial charge in [-0.3, -0.25) is 0 Å². The Labute approximate surface area is 77.8 Å². The van der Waals surface area contributed by atoms with E-state index in [0.717, 1.165) is 12.8 Å². The fourth-order valence-electron chi connectivity index (χ4n) is 1.18. The van der Waals surface area contributed by atoms with E-state index in [1.807, 2.05) is 11.6 Å². The standard InChI is InChI=1S/C9H16N2S/c1-3-8(10)7(2)6-9-11-4-5-12-9/h4-5,7-8H,3,6,10H2,1-2H3. The zero-order chi connectivity index (χ0) is 8.97. The zero-order valence-corrected chi connectivity index (χ0v) is 8.47. The highest BCUT2D eigenvalue weighted by molar-refractivity contribution is 7.09. The molecule has 0 aliphatic heterocycles. The van der Waals surface area contributed by atoms with Gasteiger partial charge in [0.15, 0.2) is 0 Å². The average molecular weight is 184 g/mol. The van der Waals surface area contributed by atoms with Crippen LogP contribution in [-0.2, 0) is 6.42 Å². The molecule has 0 spiro atoms. The van der Waals surface area contributed by atoms with E-state index in [1.54, 1.807) is 11.3 Å². The second-order valence-electron chi connectivity index (χ2n) is 3.18. The van der Waals surface area contributed by atoms with E-state index in [0.29, 0.717) is 12.0 Å². The largest absolute Gasteiger partial charge is 0.327 e. The monoisotopic (exact) mass is 184 g/mol. The van der Waals surface area contributed by atoms with Crippen LogP contribution < -0.4 is 5.73 Å². The maximum atomic E-state index is 5.91. The van der Waals surface area contributed by atoms with Crippen LogP contribution in [0.3, 0.4) is 0 Å². The Kier molecular flexibility index (Phi) is 3.69. The molecular weight excluding hydrogens is 168 g/mol. The van der Waals surface area contributed by atoms with E-state index in [-0.39, 0.29) is 0 Å². The van der Waals surface area contributed by atoms with Crippen molar-refractivity contribution in [2.24, 2.45) is 11.7 Å². The lowest BCUT2D eigenvalue weighted by Gasteiger charge is -2.16. The number of hydrogen-bond acceptors (Lipinski definition) is 3. The van der Waals surface area contributed by atoms with Gasteiger partial charge in [-0.15, -0.1) is 11.3 Å². The SMILES string of the molecule is CCC(N)C(C)Cc1nccs1. The highest BCUT2D eigenvalue weighted by atomic mass is 32.1. The fraction of sp³-hybridized carbons (Fsp3) is 0.667. The number of nitrogens with two attached hydrogens (primary N) is 1. The Hall–Kier alpha value is -0.410. The third-order valence-electron chi connectivity index (χ3n) is 2.18. The molecule has 0 fully saturated rings. The zero-order valence-electron chi connectivity index (χ0n) is 7.66. The van der Waals surface area contributed by atoms with E-state index in [1.165, 1.54) is 5.01 Å². The molecule has 1 heterocycles. The molecule has 68 valence electrons. The third-order valence-corrected chi connectivity index (χ3v) is 2.98.